The summed E-state index contributed by atoms with van der Waals surface area (Å²) >= 11 is 0. The molecule has 0 amide bonds. The van der Waals surface area contributed by atoms with Crippen molar-refractivity contribution >= 4 is 5.97 Å². The molecule has 1 atom stereocenters. The largest absolute Gasteiger partial charge is 0.490 e. The molecule has 0 fully saturated rings. The topological polar surface area (TPSA) is 58.6 Å². The Bertz CT molecular complexity index is 846. The zero-order valence-electron chi connectivity index (χ0n) is 19.4. The first-order valence-corrected chi connectivity index (χ1v) is 11.1. The number of nitrogens with one attached hydrogen (secondary N) is 1. The Labute approximate surface area is 185 Å². The standard InChI is InChI=1S/C26H36FNO3/c1-6-21(14-15-26(4,5)18(2)3)31-22-12-10-19(11-13-22)23-9-7-8-20(25(23)27)16-28-17-24(29)30/h7-13,18,21,28H,6,14-17H2,1-5H3,(H,29,30)/t21-/m0/s1. The van der Waals surface area contributed by atoms with E-state index in [1.165, 1.54) is 0 Å². The molecular weight excluding hydrogens is 393 g/mol. The van der Waals surface area contributed by atoms with Gasteiger partial charge in [0.25, 0.3) is 0 Å². The van der Waals surface area contributed by atoms with Gasteiger partial charge in [-0.25, -0.2) is 4.39 Å². The van der Waals surface area contributed by atoms with Crippen molar-refractivity contribution in [2.24, 2.45) is 11.3 Å². The number of carboxylic acids is 1. The van der Waals surface area contributed by atoms with Crippen molar-refractivity contribution in [3.63, 3.8) is 0 Å². The van der Waals surface area contributed by atoms with Gasteiger partial charge in [-0.1, -0.05) is 65.0 Å². The molecular formula is C26H36FNO3. The van der Waals surface area contributed by atoms with Crippen molar-refractivity contribution in [3.05, 3.63) is 53.8 Å². The molecule has 0 aliphatic carbocycles. The Morgan fingerprint density at radius 3 is 2.42 bits per heavy atom. The normalized spacial score (nSPS) is 12.7. The number of hydrogen-bond donors (Lipinski definition) is 2. The number of carbonyl (C=O) groups is 1. The van der Waals surface area contributed by atoms with Crippen LogP contribution in [0.25, 0.3) is 11.1 Å². The fourth-order valence-corrected chi connectivity index (χ4v) is 3.32. The third-order valence-corrected chi connectivity index (χ3v) is 6.27. The van der Waals surface area contributed by atoms with Crippen LogP contribution >= 0.6 is 0 Å². The Balaban J connectivity index is 2.05. The van der Waals surface area contributed by atoms with Crippen LogP contribution in [0.1, 0.15) is 59.4 Å². The van der Waals surface area contributed by atoms with Crippen molar-refractivity contribution in [1.29, 1.82) is 0 Å². The maximum atomic E-state index is 14.9. The maximum Gasteiger partial charge on any atom is 0.317 e. The fraction of sp³-hybridized carbons (Fsp3) is 0.500. The summed E-state index contributed by atoms with van der Waals surface area (Å²) in [5, 5.41) is 11.5. The fourth-order valence-electron chi connectivity index (χ4n) is 3.32. The molecule has 0 saturated carbocycles. The van der Waals surface area contributed by atoms with E-state index >= 15 is 0 Å². The smallest absolute Gasteiger partial charge is 0.317 e. The third kappa shape index (κ3) is 7.35. The zero-order chi connectivity index (χ0) is 23.0. The van der Waals surface area contributed by atoms with Gasteiger partial charge in [0, 0.05) is 17.7 Å². The van der Waals surface area contributed by atoms with Gasteiger partial charge in [-0.3, -0.25) is 4.79 Å². The third-order valence-electron chi connectivity index (χ3n) is 6.27. The average Bonchev–Trinajstić information content (AvgIpc) is 2.72. The molecule has 2 N–H and O–H groups in total. The first kappa shape index (κ1) is 24.9. The van der Waals surface area contributed by atoms with Crippen molar-refractivity contribution in [2.75, 3.05) is 6.54 Å². The molecule has 0 aliphatic heterocycles. The minimum atomic E-state index is -0.967. The van der Waals surface area contributed by atoms with Gasteiger partial charge in [-0.15, -0.1) is 0 Å². The van der Waals surface area contributed by atoms with Crippen molar-refractivity contribution in [2.45, 2.75) is 66.5 Å². The molecule has 31 heavy (non-hydrogen) atoms. The first-order chi connectivity index (χ1) is 14.6. The molecule has 0 aliphatic rings. The summed E-state index contributed by atoms with van der Waals surface area (Å²) in [5.41, 5.74) is 1.98. The SMILES string of the molecule is CC[C@@H](CCC(C)(C)C(C)C)Oc1ccc(-c2cccc(CNCC(=O)O)c2F)cc1. The number of benzene rings is 2. The molecule has 2 rings (SSSR count). The molecule has 0 radical (unpaired) electrons. The number of hydrogen-bond acceptors (Lipinski definition) is 3. The summed E-state index contributed by atoms with van der Waals surface area (Å²) in [4.78, 5) is 10.6. The lowest BCUT2D eigenvalue weighted by molar-refractivity contribution is -0.136. The maximum absolute atomic E-state index is 14.9. The Morgan fingerprint density at radius 1 is 1.16 bits per heavy atom. The molecule has 4 nitrogen and oxygen atoms in total. The minimum absolute atomic E-state index is 0.157. The van der Waals surface area contributed by atoms with Crippen molar-refractivity contribution in [1.82, 2.24) is 5.32 Å². The van der Waals surface area contributed by atoms with Crippen LogP contribution in [-0.4, -0.2) is 23.7 Å². The molecule has 0 spiro atoms. The number of aliphatic carboxylic acids is 1. The summed E-state index contributed by atoms with van der Waals surface area (Å²) < 4.78 is 21.1. The van der Waals surface area contributed by atoms with E-state index in [9.17, 15) is 9.18 Å². The molecule has 2 aromatic rings. The van der Waals surface area contributed by atoms with Crippen LogP contribution in [0.4, 0.5) is 4.39 Å². The lowest BCUT2D eigenvalue weighted by atomic mass is 9.77. The second kappa shape index (κ2) is 11.3. The zero-order valence-corrected chi connectivity index (χ0v) is 19.4. The highest BCUT2D eigenvalue weighted by Gasteiger charge is 2.24. The van der Waals surface area contributed by atoms with Crippen LogP contribution < -0.4 is 10.1 Å². The first-order valence-electron chi connectivity index (χ1n) is 11.1. The van der Waals surface area contributed by atoms with E-state index in [0.717, 1.165) is 30.6 Å². The monoisotopic (exact) mass is 429 g/mol. The van der Waals surface area contributed by atoms with E-state index in [-0.39, 0.29) is 30.4 Å². The molecule has 0 bridgehead atoms. The summed E-state index contributed by atoms with van der Waals surface area (Å²) in [7, 11) is 0. The van der Waals surface area contributed by atoms with Gasteiger partial charge >= 0.3 is 5.97 Å². The molecule has 2 aromatic carbocycles. The number of rotatable bonds is 12. The lowest BCUT2D eigenvalue weighted by Gasteiger charge is -2.31. The van der Waals surface area contributed by atoms with E-state index in [1.54, 1.807) is 18.2 Å². The summed E-state index contributed by atoms with van der Waals surface area (Å²) in [5.74, 6) is 0.105. The van der Waals surface area contributed by atoms with Crippen LogP contribution in [-0.2, 0) is 11.3 Å². The number of carboxylic acid groups (broad SMARTS) is 1. The van der Waals surface area contributed by atoms with Gasteiger partial charge in [0.1, 0.15) is 11.6 Å². The second-order valence-electron chi connectivity index (χ2n) is 9.13. The van der Waals surface area contributed by atoms with Gasteiger partial charge in [0.2, 0.25) is 0 Å². The van der Waals surface area contributed by atoms with Gasteiger partial charge < -0.3 is 15.2 Å². The van der Waals surface area contributed by atoms with Gasteiger partial charge in [0.15, 0.2) is 0 Å². The highest BCUT2D eigenvalue weighted by atomic mass is 19.1. The Hall–Kier alpha value is -2.40. The molecule has 170 valence electrons. The van der Waals surface area contributed by atoms with E-state index in [2.05, 4.69) is 39.9 Å². The van der Waals surface area contributed by atoms with Gasteiger partial charge in [0.05, 0.1) is 12.6 Å². The molecule has 0 unspecified atom stereocenters. The highest BCUT2D eigenvalue weighted by molar-refractivity contribution is 5.69. The summed E-state index contributed by atoms with van der Waals surface area (Å²) in [6.45, 7) is 11.2. The van der Waals surface area contributed by atoms with E-state index < -0.39 is 5.97 Å². The molecule has 5 heteroatoms. The van der Waals surface area contributed by atoms with Crippen LogP contribution in [0.5, 0.6) is 5.75 Å². The van der Waals surface area contributed by atoms with Crippen LogP contribution in [0.15, 0.2) is 42.5 Å². The van der Waals surface area contributed by atoms with Crippen LogP contribution in [0.3, 0.4) is 0 Å². The van der Waals surface area contributed by atoms with Crippen LogP contribution in [0.2, 0.25) is 0 Å². The van der Waals surface area contributed by atoms with Gasteiger partial charge in [-0.2, -0.15) is 0 Å². The summed E-state index contributed by atoms with van der Waals surface area (Å²) in [6, 6.07) is 12.7. The summed E-state index contributed by atoms with van der Waals surface area (Å²) in [6.07, 6.45) is 3.21. The van der Waals surface area contributed by atoms with E-state index in [0.29, 0.717) is 17.0 Å². The van der Waals surface area contributed by atoms with Crippen molar-refractivity contribution < 1.29 is 19.0 Å². The second-order valence-corrected chi connectivity index (χ2v) is 9.13. The lowest BCUT2D eigenvalue weighted by Crippen LogP contribution is -2.24. The molecule has 0 saturated heterocycles. The molecule has 0 heterocycles. The predicted molar refractivity (Wildman–Crippen MR) is 124 cm³/mol. The average molecular weight is 430 g/mol. The van der Waals surface area contributed by atoms with Crippen molar-refractivity contribution in [3.8, 4) is 16.9 Å². The molecule has 0 aromatic heterocycles. The van der Waals surface area contributed by atoms with E-state index in [4.69, 9.17) is 9.84 Å². The minimum Gasteiger partial charge on any atom is -0.490 e. The Kier molecular flexibility index (Phi) is 9.05. The highest BCUT2D eigenvalue weighted by Crippen LogP contribution is 2.33. The predicted octanol–water partition coefficient (Wildman–Crippen LogP) is 6.29. The quantitative estimate of drug-likeness (QED) is 0.416. The number of halogens is 1. The van der Waals surface area contributed by atoms with Crippen LogP contribution in [0, 0.1) is 17.2 Å². The van der Waals surface area contributed by atoms with E-state index in [1.807, 2.05) is 24.3 Å². The number of ether oxygens (including phenoxy) is 1. The van der Waals surface area contributed by atoms with Gasteiger partial charge in [-0.05, 0) is 48.3 Å². The Morgan fingerprint density at radius 2 is 1.84 bits per heavy atom.